The third-order valence-electron chi connectivity index (χ3n) is 5.76. The number of aromatic nitrogens is 3. The Kier molecular flexibility index (Phi) is 5.71. The monoisotopic (exact) mass is 514 g/mol. The highest BCUT2D eigenvalue weighted by Gasteiger charge is 2.26. The SMILES string of the molecule is Cc1nn(-c2ccccc2)c2sc(C(=O)N(Cc3ccco3)c3nc(-c4ccc(F)cc4)cs3)cc12. The Morgan fingerprint density at radius 2 is 1.89 bits per heavy atom. The number of hydrogen-bond acceptors (Lipinski definition) is 6. The molecule has 1 amide bonds. The van der Waals surface area contributed by atoms with Crippen LogP contribution in [-0.4, -0.2) is 20.7 Å². The molecule has 0 bridgehead atoms. The average molecular weight is 515 g/mol. The number of carbonyl (C=O) groups excluding carboxylic acids is 1. The van der Waals surface area contributed by atoms with Crippen LogP contribution in [0.4, 0.5) is 9.52 Å². The Bertz CT molecular complexity index is 1650. The Balaban J connectivity index is 1.39. The van der Waals surface area contributed by atoms with E-state index >= 15 is 0 Å². The highest BCUT2D eigenvalue weighted by atomic mass is 32.1. The summed E-state index contributed by atoms with van der Waals surface area (Å²) >= 11 is 2.76. The lowest BCUT2D eigenvalue weighted by atomic mass is 10.2. The number of rotatable bonds is 6. The molecule has 0 aliphatic rings. The first-order valence-electron chi connectivity index (χ1n) is 11.2. The molecule has 178 valence electrons. The number of hydrogen-bond donors (Lipinski definition) is 0. The first kappa shape index (κ1) is 22.4. The minimum absolute atomic E-state index is 0.174. The topological polar surface area (TPSA) is 64.2 Å². The van der Waals surface area contributed by atoms with Gasteiger partial charge in [0.15, 0.2) is 5.13 Å². The number of halogens is 1. The third-order valence-corrected chi connectivity index (χ3v) is 7.72. The van der Waals surface area contributed by atoms with Crippen LogP contribution in [0, 0.1) is 12.7 Å². The second-order valence-corrected chi connectivity index (χ2v) is 10.0. The predicted octanol–water partition coefficient (Wildman–Crippen LogP) is 7.10. The molecule has 0 radical (unpaired) electrons. The first-order chi connectivity index (χ1) is 17.6. The molecule has 36 heavy (non-hydrogen) atoms. The third kappa shape index (κ3) is 4.12. The molecule has 4 heterocycles. The van der Waals surface area contributed by atoms with Crippen LogP contribution in [0.15, 0.2) is 88.9 Å². The van der Waals surface area contributed by atoms with E-state index in [-0.39, 0.29) is 18.3 Å². The van der Waals surface area contributed by atoms with E-state index in [1.807, 2.05) is 59.5 Å². The van der Waals surface area contributed by atoms with Crippen molar-refractivity contribution in [3.63, 3.8) is 0 Å². The smallest absolute Gasteiger partial charge is 0.270 e. The number of carbonyl (C=O) groups is 1. The Morgan fingerprint density at radius 3 is 2.64 bits per heavy atom. The molecular formula is C27H19FN4O2S2. The van der Waals surface area contributed by atoms with Crippen LogP contribution in [0.25, 0.3) is 27.2 Å². The average Bonchev–Trinajstić information content (AvgIpc) is 3.69. The lowest BCUT2D eigenvalue weighted by Crippen LogP contribution is -2.29. The van der Waals surface area contributed by atoms with Gasteiger partial charge in [-0.1, -0.05) is 18.2 Å². The second-order valence-electron chi connectivity index (χ2n) is 8.16. The molecular weight excluding hydrogens is 495 g/mol. The van der Waals surface area contributed by atoms with Gasteiger partial charge >= 0.3 is 0 Å². The molecule has 2 aromatic carbocycles. The largest absolute Gasteiger partial charge is 0.467 e. The number of furan rings is 1. The number of para-hydroxylation sites is 1. The lowest BCUT2D eigenvalue weighted by Gasteiger charge is -2.18. The van der Waals surface area contributed by atoms with Crippen molar-refractivity contribution in [2.75, 3.05) is 4.90 Å². The molecule has 0 N–H and O–H groups in total. The van der Waals surface area contributed by atoms with Gasteiger partial charge in [-0.05, 0) is 61.5 Å². The maximum absolute atomic E-state index is 13.9. The number of thiophene rings is 1. The second kappa shape index (κ2) is 9.18. The van der Waals surface area contributed by atoms with Crippen LogP contribution in [0.1, 0.15) is 21.1 Å². The molecule has 6 aromatic rings. The fourth-order valence-corrected chi connectivity index (χ4v) is 5.92. The van der Waals surface area contributed by atoms with E-state index in [0.717, 1.165) is 27.2 Å². The maximum atomic E-state index is 13.9. The minimum atomic E-state index is -0.307. The number of benzene rings is 2. The summed E-state index contributed by atoms with van der Waals surface area (Å²) in [5, 5.41) is 8.02. The van der Waals surface area contributed by atoms with Crippen LogP contribution in [0.2, 0.25) is 0 Å². The summed E-state index contributed by atoms with van der Waals surface area (Å²) in [6, 6.07) is 21.5. The molecule has 0 aliphatic carbocycles. The number of nitrogens with zero attached hydrogens (tertiary/aromatic N) is 4. The van der Waals surface area contributed by atoms with Gasteiger partial charge in [-0.2, -0.15) is 5.10 Å². The van der Waals surface area contributed by atoms with Crippen LogP contribution in [-0.2, 0) is 6.54 Å². The van der Waals surface area contributed by atoms with E-state index in [1.54, 1.807) is 29.4 Å². The zero-order valence-corrected chi connectivity index (χ0v) is 20.7. The van der Waals surface area contributed by atoms with Crippen molar-refractivity contribution in [3.8, 4) is 16.9 Å². The van der Waals surface area contributed by atoms with E-state index in [4.69, 9.17) is 9.40 Å². The zero-order chi connectivity index (χ0) is 24.6. The van der Waals surface area contributed by atoms with Crippen molar-refractivity contribution >= 4 is 43.9 Å². The summed E-state index contributed by atoms with van der Waals surface area (Å²) in [5.41, 5.74) is 3.26. The van der Waals surface area contributed by atoms with Crippen LogP contribution < -0.4 is 4.90 Å². The summed E-state index contributed by atoms with van der Waals surface area (Å²) < 4.78 is 20.8. The molecule has 4 aromatic heterocycles. The van der Waals surface area contributed by atoms with E-state index in [9.17, 15) is 9.18 Å². The fourth-order valence-electron chi connectivity index (χ4n) is 3.96. The number of amides is 1. The molecule has 6 rings (SSSR count). The van der Waals surface area contributed by atoms with Gasteiger partial charge in [0.25, 0.3) is 5.91 Å². The molecule has 0 spiro atoms. The zero-order valence-electron chi connectivity index (χ0n) is 19.1. The van der Waals surface area contributed by atoms with Gasteiger partial charge < -0.3 is 4.42 Å². The molecule has 0 unspecified atom stereocenters. The summed E-state index contributed by atoms with van der Waals surface area (Å²) in [4.78, 5) is 21.7. The van der Waals surface area contributed by atoms with Crippen LogP contribution in [0.3, 0.4) is 0 Å². The van der Waals surface area contributed by atoms with Gasteiger partial charge in [0.2, 0.25) is 0 Å². The van der Waals surface area contributed by atoms with E-state index in [0.29, 0.717) is 21.5 Å². The Morgan fingerprint density at radius 1 is 1.08 bits per heavy atom. The van der Waals surface area contributed by atoms with Gasteiger partial charge in [0, 0.05) is 16.3 Å². The van der Waals surface area contributed by atoms with Crippen molar-refractivity contribution in [2.45, 2.75) is 13.5 Å². The van der Waals surface area contributed by atoms with Gasteiger partial charge in [0.1, 0.15) is 16.4 Å². The standard InChI is InChI=1S/C27H19FN4O2S2/c1-17-22-14-24(36-26(22)32(30-17)20-6-3-2-4-7-20)25(33)31(15-21-8-5-13-34-21)27-29-23(16-35-27)18-9-11-19(28)12-10-18/h2-14,16H,15H2,1H3. The molecule has 9 heteroatoms. The van der Waals surface area contributed by atoms with Gasteiger partial charge in [-0.3, -0.25) is 9.69 Å². The lowest BCUT2D eigenvalue weighted by molar-refractivity contribution is 0.0987. The van der Waals surface area contributed by atoms with Crippen molar-refractivity contribution in [1.82, 2.24) is 14.8 Å². The van der Waals surface area contributed by atoms with Crippen LogP contribution >= 0.6 is 22.7 Å². The normalized spacial score (nSPS) is 11.3. The molecule has 0 fully saturated rings. The summed E-state index contributed by atoms with van der Waals surface area (Å²) in [7, 11) is 0. The molecule has 0 atom stereocenters. The predicted molar refractivity (Wildman–Crippen MR) is 140 cm³/mol. The number of thiazole rings is 1. The van der Waals surface area contributed by atoms with E-state index < -0.39 is 0 Å². The van der Waals surface area contributed by atoms with Crippen molar-refractivity contribution in [1.29, 1.82) is 0 Å². The maximum Gasteiger partial charge on any atom is 0.270 e. The summed E-state index contributed by atoms with van der Waals surface area (Å²) in [6.45, 7) is 2.18. The van der Waals surface area contributed by atoms with Crippen molar-refractivity contribution in [2.24, 2.45) is 0 Å². The van der Waals surface area contributed by atoms with Crippen molar-refractivity contribution in [3.05, 3.63) is 107 Å². The highest BCUT2D eigenvalue weighted by Crippen LogP contribution is 2.34. The van der Waals surface area contributed by atoms with Crippen LogP contribution in [0.5, 0.6) is 0 Å². The van der Waals surface area contributed by atoms with Gasteiger partial charge in [-0.15, -0.1) is 22.7 Å². The Hall–Kier alpha value is -4.08. The Labute approximate surface area is 213 Å². The number of fused-ring (bicyclic) bond motifs is 1. The van der Waals surface area contributed by atoms with E-state index in [1.165, 1.54) is 34.8 Å². The molecule has 0 saturated carbocycles. The number of anilines is 1. The minimum Gasteiger partial charge on any atom is -0.467 e. The number of aryl methyl sites for hydroxylation is 1. The van der Waals surface area contributed by atoms with E-state index in [2.05, 4.69) is 5.10 Å². The molecule has 6 nitrogen and oxygen atoms in total. The quantitative estimate of drug-likeness (QED) is 0.238. The van der Waals surface area contributed by atoms with Gasteiger partial charge in [0.05, 0.1) is 34.8 Å². The van der Waals surface area contributed by atoms with Gasteiger partial charge in [-0.25, -0.2) is 14.1 Å². The summed E-state index contributed by atoms with van der Waals surface area (Å²) in [6.07, 6.45) is 1.58. The molecule has 0 saturated heterocycles. The fraction of sp³-hybridized carbons (Fsp3) is 0.0741. The van der Waals surface area contributed by atoms with Crippen molar-refractivity contribution < 1.29 is 13.6 Å². The first-order valence-corrected chi connectivity index (χ1v) is 12.9. The molecule has 0 aliphatic heterocycles. The highest BCUT2D eigenvalue weighted by molar-refractivity contribution is 7.20. The summed E-state index contributed by atoms with van der Waals surface area (Å²) in [5.74, 6) is 0.166.